The molecule has 0 saturated carbocycles. The predicted octanol–water partition coefficient (Wildman–Crippen LogP) is 3.53. The van der Waals surface area contributed by atoms with Crippen molar-refractivity contribution in [2.24, 2.45) is 7.05 Å². The number of aromatic nitrogens is 1. The summed E-state index contributed by atoms with van der Waals surface area (Å²) in [6.45, 7) is 1.95. The zero-order valence-electron chi connectivity index (χ0n) is 14.7. The van der Waals surface area contributed by atoms with Gasteiger partial charge in [-0.05, 0) is 44.0 Å². The van der Waals surface area contributed by atoms with E-state index in [1.54, 1.807) is 22.5 Å². The van der Waals surface area contributed by atoms with Crippen molar-refractivity contribution in [3.8, 4) is 0 Å². The topological polar surface area (TPSA) is 59.4 Å². The van der Waals surface area contributed by atoms with Gasteiger partial charge in [0.05, 0.1) is 10.9 Å². The highest BCUT2D eigenvalue weighted by Gasteiger charge is 2.34. The van der Waals surface area contributed by atoms with Crippen LogP contribution in [0.25, 0.3) is 0 Å². The van der Waals surface area contributed by atoms with Gasteiger partial charge in [-0.2, -0.15) is 4.31 Å². The zero-order valence-corrected chi connectivity index (χ0v) is 15.5. The molecule has 0 amide bonds. The molecule has 0 unspecified atom stereocenters. The lowest BCUT2D eigenvalue weighted by molar-refractivity contribution is 0.101. The van der Waals surface area contributed by atoms with E-state index >= 15 is 0 Å². The summed E-state index contributed by atoms with van der Waals surface area (Å²) < 4.78 is 30.3. The molecule has 1 atom stereocenters. The van der Waals surface area contributed by atoms with Gasteiger partial charge in [0.2, 0.25) is 10.0 Å². The molecule has 1 aromatic carbocycles. The first-order valence-corrected chi connectivity index (χ1v) is 10.1. The molecule has 0 radical (unpaired) electrons. The van der Waals surface area contributed by atoms with Gasteiger partial charge in [0, 0.05) is 31.0 Å². The second-order valence-corrected chi connectivity index (χ2v) is 8.50. The number of hydrogen-bond acceptors (Lipinski definition) is 3. The van der Waals surface area contributed by atoms with Gasteiger partial charge in [0.1, 0.15) is 0 Å². The summed E-state index contributed by atoms with van der Waals surface area (Å²) in [6.07, 6.45) is 5.65. The summed E-state index contributed by atoms with van der Waals surface area (Å²) in [5.41, 5.74) is 1.43. The van der Waals surface area contributed by atoms with E-state index in [-0.39, 0.29) is 16.7 Å². The van der Waals surface area contributed by atoms with Crippen molar-refractivity contribution < 1.29 is 13.2 Å². The molecule has 134 valence electrons. The molecule has 0 spiro atoms. The smallest absolute Gasteiger partial charge is 0.243 e. The Morgan fingerprint density at radius 1 is 1.12 bits per heavy atom. The normalized spacial score (nSPS) is 19.5. The first kappa shape index (κ1) is 17.9. The van der Waals surface area contributed by atoms with Gasteiger partial charge in [-0.15, -0.1) is 0 Å². The number of rotatable bonds is 4. The number of carbonyl (C=O) groups is 1. The van der Waals surface area contributed by atoms with Crippen LogP contribution in [0.2, 0.25) is 0 Å². The monoisotopic (exact) mass is 360 g/mol. The predicted molar refractivity (Wildman–Crippen MR) is 97.0 cm³/mol. The fourth-order valence-electron chi connectivity index (χ4n) is 3.50. The van der Waals surface area contributed by atoms with E-state index < -0.39 is 10.0 Å². The summed E-state index contributed by atoms with van der Waals surface area (Å²) in [6, 6.07) is 10.1. The second-order valence-electron chi connectivity index (χ2n) is 6.61. The maximum Gasteiger partial charge on any atom is 0.243 e. The van der Waals surface area contributed by atoms with E-state index in [4.69, 9.17) is 0 Å². The summed E-state index contributed by atoms with van der Waals surface area (Å²) in [5, 5.41) is 0. The van der Waals surface area contributed by atoms with Crippen LogP contribution >= 0.6 is 0 Å². The summed E-state index contributed by atoms with van der Waals surface area (Å²) in [7, 11) is -1.72. The van der Waals surface area contributed by atoms with Crippen LogP contribution in [0.1, 0.15) is 54.7 Å². The Kier molecular flexibility index (Phi) is 5.11. The fourth-order valence-corrected chi connectivity index (χ4v) is 5.21. The molecule has 2 heterocycles. The number of ketones is 1. The number of benzene rings is 1. The van der Waals surface area contributed by atoms with Crippen LogP contribution in [-0.2, 0) is 17.1 Å². The minimum atomic E-state index is -3.67. The molecule has 3 rings (SSSR count). The quantitative estimate of drug-likeness (QED) is 0.784. The van der Waals surface area contributed by atoms with Crippen molar-refractivity contribution in [3.05, 3.63) is 53.9 Å². The van der Waals surface area contributed by atoms with E-state index in [0.29, 0.717) is 12.1 Å². The Morgan fingerprint density at radius 2 is 1.92 bits per heavy atom. The largest absolute Gasteiger partial charge is 0.353 e. The van der Waals surface area contributed by atoms with Crippen molar-refractivity contribution in [3.63, 3.8) is 0 Å². The molecule has 2 aromatic rings. The molecule has 5 nitrogen and oxygen atoms in total. The van der Waals surface area contributed by atoms with E-state index in [1.165, 1.54) is 13.0 Å². The van der Waals surface area contributed by atoms with E-state index in [2.05, 4.69) is 0 Å². The van der Waals surface area contributed by atoms with E-state index in [1.807, 2.05) is 29.9 Å². The molecule has 1 fully saturated rings. The van der Waals surface area contributed by atoms with Crippen LogP contribution in [0.4, 0.5) is 0 Å². The SMILES string of the molecule is CC(=O)c1cccc(S(=O)(=O)N2CCCCC[C@H]2c2cccn2C)c1. The van der Waals surface area contributed by atoms with Crippen LogP contribution in [0.5, 0.6) is 0 Å². The van der Waals surface area contributed by atoms with Gasteiger partial charge in [-0.25, -0.2) is 8.42 Å². The molecule has 0 bridgehead atoms. The first-order valence-electron chi connectivity index (χ1n) is 8.65. The van der Waals surface area contributed by atoms with E-state index in [0.717, 1.165) is 31.4 Å². The number of carbonyl (C=O) groups excluding carboxylic acids is 1. The highest BCUT2D eigenvalue weighted by Crippen LogP contribution is 2.34. The number of nitrogens with zero attached hydrogens (tertiary/aromatic N) is 2. The van der Waals surface area contributed by atoms with Crippen LogP contribution in [0, 0.1) is 0 Å². The lowest BCUT2D eigenvalue weighted by Crippen LogP contribution is -2.35. The van der Waals surface area contributed by atoms with Gasteiger partial charge in [-0.3, -0.25) is 4.79 Å². The Balaban J connectivity index is 2.05. The average molecular weight is 360 g/mol. The van der Waals surface area contributed by atoms with Gasteiger partial charge < -0.3 is 4.57 Å². The third kappa shape index (κ3) is 3.55. The molecule has 0 aliphatic carbocycles. The Labute approximate surface area is 149 Å². The lowest BCUT2D eigenvalue weighted by Gasteiger charge is -2.29. The average Bonchev–Trinajstić information content (AvgIpc) is 2.86. The van der Waals surface area contributed by atoms with Gasteiger partial charge >= 0.3 is 0 Å². The molecular formula is C19H24N2O3S. The molecule has 0 N–H and O–H groups in total. The van der Waals surface area contributed by atoms with Gasteiger partial charge in [0.15, 0.2) is 5.78 Å². The first-order chi connectivity index (χ1) is 11.9. The molecule has 25 heavy (non-hydrogen) atoms. The highest BCUT2D eigenvalue weighted by atomic mass is 32.2. The van der Waals surface area contributed by atoms with Crippen LogP contribution in [0.15, 0.2) is 47.5 Å². The third-order valence-corrected chi connectivity index (χ3v) is 6.78. The summed E-state index contributed by atoms with van der Waals surface area (Å²) in [5.74, 6) is -0.132. The molecule has 6 heteroatoms. The summed E-state index contributed by atoms with van der Waals surface area (Å²) >= 11 is 0. The van der Waals surface area contributed by atoms with Crippen molar-refractivity contribution in [1.82, 2.24) is 8.87 Å². The molecule has 1 saturated heterocycles. The standard InChI is InChI=1S/C19H24N2O3S/c1-15(22)16-8-6-9-17(14-16)25(23,24)21-13-5-3-4-10-19(21)18-11-7-12-20(18)2/h6-9,11-12,14,19H,3-5,10,13H2,1-2H3/t19-/m0/s1. The molecule has 1 aliphatic rings. The molecular weight excluding hydrogens is 336 g/mol. The maximum absolute atomic E-state index is 13.3. The summed E-state index contributed by atoms with van der Waals surface area (Å²) in [4.78, 5) is 11.8. The van der Waals surface area contributed by atoms with Crippen molar-refractivity contribution in [1.29, 1.82) is 0 Å². The van der Waals surface area contributed by atoms with Crippen molar-refractivity contribution in [2.45, 2.75) is 43.5 Å². The number of sulfonamides is 1. The maximum atomic E-state index is 13.3. The van der Waals surface area contributed by atoms with Crippen LogP contribution < -0.4 is 0 Å². The fraction of sp³-hybridized carbons (Fsp3) is 0.421. The number of aryl methyl sites for hydroxylation is 1. The third-order valence-electron chi connectivity index (χ3n) is 4.88. The Bertz CT molecular complexity index is 870. The minimum Gasteiger partial charge on any atom is -0.353 e. The van der Waals surface area contributed by atoms with Gasteiger partial charge in [-0.1, -0.05) is 25.0 Å². The van der Waals surface area contributed by atoms with Crippen LogP contribution in [-0.4, -0.2) is 29.6 Å². The van der Waals surface area contributed by atoms with Crippen molar-refractivity contribution in [2.75, 3.05) is 6.54 Å². The Morgan fingerprint density at radius 3 is 2.60 bits per heavy atom. The second kappa shape index (κ2) is 7.14. The Hall–Kier alpha value is -1.92. The van der Waals surface area contributed by atoms with E-state index in [9.17, 15) is 13.2 Å². The zero-order chi connectivity index (χ0) is 18.0. The lowest BCUT2D eigenvalue weighted by atomic mass is 10.1. The molecule has 1 aromatic heterocycles. The number of Topliss-reactive ketones (excluding diaryl/α,β-unsaturated/α-hetero) is 1. The van der Waals surface area contributed by atoms with Crippen LogP contribution in [0.3, 0.4) is 0 Å². The van der Waals surface area contributed by atoms with Gasteiger partial charge in [0.25, 0.3) is 0 Å². The molecule has 1 aliphatic heterocycles. The highest BCUT2D eigenvalue weighted by molar-refractivity contribution is 7.89. The minimum absolute atomic E-state index is 0.132. The number of hydrogen-bond donors (Lipinski definition) is 0. The van der Waals surface area contributed by atoms with Crippen molar-refractivity contribution >= 4 is 15.8 Å².